The molecule has 120 valence electrons. The number of fused-ring (bicyclic) bond motifs is 1. The van der Waals surface area contributed by atoms with Gasteiger partial charge in [0.05, 0.1) is 0 Å². The lowest BCUT2D eigenvalue weighted by Gasteiger charge is -2.06. The number of pyridine rings is 1. The smallest absolute Gasteiger partial charge is 0.253 e. The summed E-state index contributed by atoms with van der Waals surface area (Å²) in [6.45, 7) is 0.261. The van der Waals surface area contributed by atoms with E-state index in [9.17, 15) is 9.59 Å². The lowest BCUT2D eigenvalue weighted by Crippen LogP contribution is -2.28. The molecule has 4 rings (SSSR count). The molecule has 2 aromatic carbocycles. The highest BCUT2D eigenvalue weighted by atomic mass is 16.2. The predicted octanol–water partition coefficient (Wildman–Crippen LogP) is 2.95. The third-order valence-electron chi connectivity index (χ3n) is 4.64. The van der Waals surface area contributed by atoms with Crippen LogP contribution in [0.15, 0.2) is 65.5 Å². The van der Waals surface area contributed by atoms with E-state index < -0.39 is 0 Å². The molecule has 1 saturated carbocycles. The van der Waals surface area contributed by atoms with E-state index in [2.05, 4.69) is 22.4 Å². The van der Waals surface area contributed by atoms with Crippen molar-refractivity contribution in [2.45, 2.75) is 18.9 Å². The maximum Gasteiger partial charge on any atom is 0.253 e. The van der Waals surface area contributed by atoms with E-state index in [0.29, 0.717) is 11.5 Å². The highest BCUT2D eigenvalue weighted by Crippen LogP contribution is 2.47. The van der Waals surface area contributed by atoms with Gasteiger partial charge in [-0.15, -0.1) is 0 Å². The van der Waals surface area contributed by atoms with Gasteiger partial charge in [-0.05, 0) is 35.4 Å². The molecule has 0 saturated heterocycles. The normalized spacial score (nSPS) is 19.2. The van der Waals surface area contributed by atoms with Crippen LogP contribution in [0.5, 0.6) is 0 Å². The number of amides is 1. The van der Waals surface area contributed by atoms with Gasteiger partial charge in [0, 0.05) is 23.5 Å². The van der Waals surface area contributed by atoms with Crippen LogP contribution in [0, 0.1) is 5.92 Å². The molecular formula is C20H18N2O2. The zero-order valence-electron chi connectivity index (χ0n) is 13.2. The molecule has 24 heavy (non-hydrogen) atoms. The monoisotopic (exact) mass is 318 g/mol. The summed E-state index contributed by atoms with van der Waals surface area (Å²) < 4.78 is 0. The highest BCUT2D eigenvalue weighted by molar-refractivity contribution is 5.83. The largest absolute Gasteiger partial charge is 0.352 e. The zero-order valence-corrected chi connectivity index (χ0v) is 13.2. The molecule has 0 bridgehead atoms. The molecule has 2 N–H and O–H groups in total. The molecule has 2 unspecified atom stereocenters. The first kappa shape index (κ1) is 14.7. The third-order valence-corrected chi connectivity index (χ3v) is 4.64. The van der Waals surface area contributed by atoms with Crippen molar-refractivity contribution in [3.05, 3.63) is 82.1 Å². The molecule has 0 spiro atoms. The maximum absolute atomic E-state index is 12.3. The van der Waals surface area contributed by atoms with Gasteiger partial charge in [-0.1, -0.05) is 48.5 Å². The Morgan fingerprint density at radius 3 is 2.67 bits per heavy atom. The van der Waals surface area contributed by atoms with E-state index in [-0.39, 0.29) is 23.9 Å². The molecule has 1 fully saturated rings. The number of aromatic amines is 1. The molecule has 0 aliphatic heterocycles. The number of carbonyl (C=O) groups is 1. The molecule has 2 atom stereocenters. The number of carbonyl (C=O) groups excluding carboxylic acids is 1. The van der Waals surface area contributed by atoms with Crippen molar-refractivity contribution in [1.82, 2.24) is 10.3 Å². The number of nitrogens with one attached hydrogen (secondary N) is 2. The first-order valence-electron chi connectivity index (χ1n) is 8.16. The summed E-state index contributed by atoms with van der Waals surface area (Å²) in [6.07, 6.45) is 0.879. The summed E-state index contributed by atoms with van der Waals surface area (Å²) in [7, 11) is 0. The quantitative estimate of drug-likeness (QED) is 0.777. The van der Waals surface area contributed by atoms with Gasteiger partial charge >= 0.3 is 0 Å². The SMILES string of the molecule is O=C(NCc1cc2ccccc2[nH]c1=O)C1CC1c1ccccc1. The molecule has 1 heterocycles. The Morgan fingerprint density at radius 1 is 1.08 bits per heavy atom. The van der Waals surface area contributed by atoms with E-state index in [1.165, 1.54) is 5.56 Å². The standard InChI is InChI=1S/C20H18N2O2/c23-19-15(10-14-8-4-5-9-18(14)22-19)12-21-20(24)17-11-16(17)13-6-2-1-3-7-13/h1-10,16-17H,11-12H2,(H,21,24)(H,22,23). The third kappa shape index (κ3) is 2.83. The molecule has 0 radical (unpaired) electrons. The average molecular weight is 318 g/mol. The van der Waals surface area contributed by atoms with Gasteiger partial charge in [0.1, 0.15) is 0 Å². The van der Waals surface area contributed by atoms with E-state index in [4.69, 9.17) is 0 Å². The zero-order chi connectivity index (χ0) is 16.5. The Morgan fingerprint density at radius 2 is 1.83 bits per heavy atom. The molecule has 3 aromatic rings. The molecule has 1 aromatic heterocycles. The van der Waals surface area contributed by atoms with Gasteiger partial charge in [0.15, 0.2) is 0 Å². The lowest BCUT2D eigenvalue weighted by molar-refractivity contribution is -0.122. The van der Waals surface area contributed by atoms with Gasteiger partial charge in [-0.25, -0.2) is 0 Å². The van der Waals surface area contributed by atoms with Crippen LogP contribution in [-0.2, 0) is 11.3 Å². The van der Waals surface area contributed by atoms with Crippen LogP contribution in [0.25, 0.3) is 10.9 Å². The Labute approximate surface area is 139 Å². The van der Waals surface area contributed by atoms with Crippen molar-refractivity contribution in [3.63, 3.8) is 0 Å². The van der Waals surface area contributed by atoms with Crippen LogP contribution in [0.2, 0.25) is 0 Å². The summed E-state index contributed by atoms with van der Waals surface area (Å²) in [4.78, 5) is 27.3. The number of H-pyrrole nitrogens is 1. The molecule has 1 amide bonds. The van der Waals surface area contributed by atoms with Crippen LogP contribution in [0.3, 0.4) is 0 Å². The van der Waals surface area contributed by atoms with E-state index >= 15 is 0 Å². The van der Waals surface area contributed by atoms with Crippen LogP contribution < -0.4 is 10.9 Å². The Bertz CT molecular complexity index is 947. The van der Waals surface area contributed by atoms with Crippen molar-refractivity contribution in [2.75, 3.05) is 0 Å². The first-order valence-corrected chi connectivity index (χ1v) is 8.16. The van der Waals surface area contributed by atoms with Crippen LogP contribution >= 0.6 is 0 Å². The van der Waals surface area contributed by atoms with Gasteiger partial charge in [-0.2, -0.15) is 0 Å². The first-order chi connectivity index (χ1) is 11.7. The fourth-order valence-corrected chi connectivity index (χ4v) is 3.19. The van der Waals surface area contributed by atoms with Crippen molar-refractivity contribution in [1.29, 1.82) is 0 Å². The van der Waals surface area contributed by atoms with E-state index in [0.717, 1.165) is 17.3 Å². The summed E-state index contributed by atoms with van der Waals surface area (Å²) in [6, 6.07) is 19.6. The highest BCUT2D eigenvalue weighted by Gasteiger charge is 2.43. The summed E-state index contributed by atoms with van der Waals surface area (Å²) >= 11 is 0. The summed E-state index contributed by atoms with van der Waals surface area (Å²) in [5, 5.41) is 3.87. The van der Waals surface area contributed by atoms with Gasteiger partial charge in [0.2, 0.25) is 5.91 Å². The fourth-order valence-electron chi connectivity index (χ4n) is 3.19. The molecule has 4 nitrogen and oxygen atoms in total. The summed E-state index contributed by atoms with van der Waals surface area (Å²) in [5.41, 5.74) is 2.45. The molecule has 4 heteroatoms. The van der Waals surface area contributed by atoms with Gasteiger partial charge in [0.25, 0.3) is 5.56 Å². The Balaban J connectivity index is 1.43. The van der Waals surface area contributed by atoms with E-state index in [1.807, 2.05) is 48.5 Å². The number of aromatic nitrogens is 1. The van der Waals surface area contributed by atoms with Crippen molar-refractivity contribution in [2.24, 2.45) is 5.92 Å². The van der Waals surface area contributed by atoms with Crippen LogP contribution in [0.1, 0.15) is 23.5 Å². The molecule has 1 aliphatic carbocycles. The minimum absolute atomic E-state index is 0.0203. The maximum atomic E-state index is 12.3. The number of hydrogen-bond donors (Lipinski definition) is 2. The minimum atomic E-state index is -0.149. The van der Waals surface area contributed by atoms with Gasteiger partial charge < -0.3 is 10.3 Å². The molecule has 1 aliphatic rings. The topological polar surface area (TPSA) is 62.0 Å². The van der Waals surface area contributed by atoms with E-state index in [1.54, 1.807) is 0 Å². The van der Waals surface area contributed by atoms with Crippen molar-refractivity contribution in [3.8, 4) is 0 Å². The second-order valence-corrected chi connectivity index (χ2v) is 6.29. The fraction of sp³-hybridized carbons (Fsp3) is 0.200. The number of para-hydroxylation sites is 1. The Hall–Kier alpha value is -2.88. The lowest BCUT2D eigenvalue weighted by atomic mass is 10.1. The summed E-state index contributed by atoms with van der Waals surface area (Å²) in [5.74, 6) is 0.351. The number of hydrogen-bond acceptors (Lipinski definition) is 2. The van der Waals surface area contributed by atoms with Gasteiger partial charge in [-0.3, -0.25) is 9.59 Å². The van der Waals surface area contributed by atoms with Crippen LogP contribution in [-0.4, -0.2) is 10.9 Å². The minimum Gasteiger partial charge on any atom is -0.352 e. The Kier molecular flexibility index (Phi) is 3.65. The van der Waals surface area contributed by atoms with Crippen LogP contribution in [0.4, 0.5) is 0 Å². The number of benzene rings is 2. The average Bonchev–Trinajstić information content (AvgIpc) is 3.41. The molecular weight excluding hydrogens is 300 g/mol. The second-order valence-electron chi connectivity index (χ2n) is 6.29. The predicted molar refractivity (Wildman–Crippen MR) is 93.7 cm³/mol. The second kappa shape index (κ2) is 5.96. The van der Waals surface area contributed by atoms with Crippen molar-refractivity contribution >= 4 is 16.8 Å². The number of rotatable bonds is 4. The van der Waals surface area contributed by atoms with Crippen molar-refractivity contribution < 1.29 is 4.79 Å².